The van der Waals surface area contributed by atoms with Crippen LogP contribution in [0.3, 0.4) is 0 Å². The molecule has 0 aliphatic heterocycles. The number of hydrogen-bond donors (Lipinski definition) is 0. The lowest BCUT2D eigenvalue weighted by Gasteiger charge is -2.33. The summed E-state index contributed by atoms with van der Waals surface area (Å²) >= 11 is 0. The predicted molar refractivity (Wildman–Crippen MR) is 85.2 cm³/mol. The zero-order valence-corrected chi connectivity index (χ0v) is 15.1. The Balaban J connectivity index is 2.74. The van der Waals surface area contributed by atoms with Crippen LogP contribution in [0, 0.1) is 11.8 Å². The lowest BCUT2D eigenvalue weighted by Crippen LogP contribution is -2.41. The van der Waals surface area contributed by atoms with Crippen molar-refractivity contribution in [2.75, 3.05) is 13.2 Å². The summed E-state index contributed by atoms with van der Waals surface area (Å²) in [6, 6.07) is 0. The Labute approximate surface area is 143 Å². The standard InChI is InChI=1S/C17H28O7/c1-6-21-14(18)12-9-8-11(10-13(12)15(19)22-7-2)23-16(20)24-17(3,4)5/h11-13H,6-10H2,1-5H3. The van der Waals surface area contributed by atoms with Gasteiger partial charge in [0, 0.05) is 0 Å². The molecule has 1 fully saturated rings. The summed E-state index contributed by atoms with van der Waals surface area (Å²) in [6.45, 7) is 9.13. The zero-order valence-electron chi connectivity index (χ0n) is 15.1. The van der Waals surface area contributed by atoms with E-state index in [1.165, 1.54) is 0 Å². The van der Waals surface area contributed by atoms with Crippen molar-refractivity contribution < 1.29 is 33.3 Å². The van der Waals surface area contributed by atoms with Gasteiger partial charge in [-0.2, -0.15) is 0 Å². The third-order valence-electron chi connectivity index (χ3n) is 3.63. The minimum absolute atomic E-state index is 0.224. The Morgan fingerprint density at radius 1 is 0.917 bits per heavy atom. The fourth-order valence-electron chi connectivity index (χ4n) is 2.69. The molecule has 0 amide bonds. The van der Waals surface area contributed by atoms with Gasteiger partial charge in [-0.15, -0.1) is 0 Å². The van der Waals surface area contributed by atoms with Crippen molar-refractivity contribution in [2.24, 2.45) is 11.8 Å². The molecule has 1 aliphatic carbocycles. The van der Waals surface area contributed by atoms with Crippen LogP contribution in [0.2, 0.25) is 0 Å². The number of hydrogen-bond acceptors (Lipinski definition) is 7. The fraction of sp³-hybridized carbons (Fsp3) is 0.824. The van der Waals surface area contributed by atoms with Crippen molar-refractivity contribution in [3.05, 3.63) is 0 Å². The van der Waals surface area contributed by atoms with Gasteiger partial charge in [0.1, 0.15) is 11.7 Å². The molecular weight excluding hydrogens is 316 g/mol. The van der Waals surface area contributed by atoms with E-state index < -0.39 is 41.6 Å². The van der Waals surface area contributed by atoms with E-state index in [1.54, 1.807) is 34.6 Å². The van der Waals surface area contributed by atoms with Gasteiger partial charge >= 0.3 is 18.1 Å². The lowest BCUT2D eigenvalue weighted by atomic mass is 9.77. The molecular formula is C17H28O7. The molecule has 0 aromatic carbocycles. The largest absolute Gasteiger partial charge is 0.509 e. The van der Waals surface area contributed by atoms with E-state index in [0.29, 0.717) is 12.8 Å². The maximum absolute atomic E-state index is 12.2. The first kappa shape index (κ1) is 20.3. The van der Waals surface area contributed by atoms with Gasteiger partial charge in [-0.25, -0.2) is 4.79 Å². The second-order valence-corrected chi connectivity index (χ2v) is 6.73. The van der Waals surface area contributed by atoms with Crippen LogP contribution < -0.4 is 0 Å². The quantitative estimate of drug-likeness (QED) is 0.559. The van der Waals surface area contributed by atoms with Crippen molar-refractivity contribution in [3.63, 3.8) is 0 Å². The van der Waals surface area contributed by atoms with Gasteiger partial charge in [-0.3, -0.25) is 9.59 Å². The summed E-state index contributed by atoms with van der Waals surface area (Å²) < 4.78 is 20.5. The third kappa shape index (κ3) is 6.37. The first-order valence-corrected chi connectivity index (χ1v) is 8.40. The first-order chi connectivity index (χ1) is 11.2. The Hall–Kier alpha value is -1.79. The molecule has 0 bridgehead atoms. The summed E-state index contributed by atoms with van der Waals surface area (Å²) in [5.41, 5.74) is -0.653. The summed E-state index contributed by atoms with van der Waals surface area (Å²) in [7, 11) is 0. The molecule has 1 rings (SSSR count). The highest BCUT2D eigenvalue weighted by Crippen LogP contribution is 2.34. The second-order valence-electron chi connectivity index (χ2n) is 6.73. The van der Waals surface area contributed by atoms with Crippen molar-refractivity contribution in [1.82, 2.24) is 0 Å². The first-order valence-electron chi connectivity index (χ1n) is 8.40. The monoisotopic (exact) mass is 344 g/mol. The van der Waals surface area contributed by atoms with E-state index in [4.69, 9.17) is 18.9 Å². The topological polar surface area (TPSA) is 88.1 Å². The molecule has 1 aliphatic rings. The molecule has 0 aromatic rings. The van der Waals surface area contributed by atoms with Gasteiger partial charge in [0.05, 0.1) is 25.0 Å². The van der Waals surface area contributed by atoms with Crippen molar-refractivity contribution in [2.45, 2.75) is 65.6 Å². The average molecular weight is 344 g/mol. The van der Waals surface area contributed by atoms with E-state index in [0.717, 1.165) is 0 Å². The smallest absolute Gasteiger partial charge is 0.466 e. The summed E-state index contributed by atoms with van der Waals surface area (Å²) in [4.78, 5) is 36.0. The summed E-state index contributed by atoms with van der Waals surface area (Å²) in [6.07, 6.45) is -0.166. The molecule has 138 valence electrons. The van der Waals surface area contributed by atoms with E-state index in [1.807, 2.05) is 0 Å². The molecule has 3 atom stereocenters. The molecule has 0 aromatic heterocycles. The van der Waals surface area contributed by atoms with Gasteiger partial charge in [0.15, 0.2) is 0 Å². The molecule has 24 heavy (non-hydrogen) atoms. The highest BCUT2D eigenvalue weighted by Gasteiger charge is 2.42. The highest BCUT2D eigenvalue weighted by molar-refractivity contribution is 5.82. The SMILES string of the molecule is CCOC(=O)C1CCC(OC(=O)OC(C)(C)C)CC1C(=O)OCC. The van der Waals surface area contributed by atoms with Crippen LogP contribution in [0.1, 0.15) is 53.9 Å². The Morgan fingerprint density at radius 3 is 1.96 bits per heavy atom. The molecule has 0 N–H and O–H groups in total. The van der Waals surface area contributed by atoms with Crippen LogP contribution in [-0.4, -0.2) is 43.0 Å². The normalized spacial score (nSPS) is 24.0. The minimum Gasteiger partial charge on any atom is -0.466 e. The fourth-order valence-corrected chi connectivity index (χ4v) is 2.69. The maximum atomic E-state index is 12.2. The van der Waals surface area contributed by atoms with Crippen molar-refractivity contribution >= 4 is 18.1 Å². The van der Waals surface area contributed by atoms with E-state index in [-0.39, 0.29) is 19.6 Å². The molecule has 7 nitrogen and oxygen atoms in total. The number of esters is 2. The van der Waals surface area contributed by atoms with E-state index in [2.05, 4.69) is 0 Å². The molecule has 3 unspecified atom stereocenters. The van der Waals surface area contributed by atoms with E-state index >= 15 is 0 Å². The number of carbonyl (C=O) groups excluding carboxylic acids is 3. The zero-order chi connectivity index (χ0) is 18.3. The summed E-state index contributed by atoms with van der Waals surface area (Å²) in [5, 5.41) is 0. The number of carbonyl (C=O) groups is 3. The maximum Gasteiger partial charge on any atom is 0.509 e. The molecule has 1 saturated carbocycles. The van der Waals surface area contributed by atoms with Crippen LogP contribution in [-0.2, 0) is 28.5 Å². The minimum atomic E-state index is -0.773. The molecule has 0 spiro atoms. The van der Waals surface area contributed by atoms with Crippen molar-refractivity contribution in [1.29, 1.82) is 0 Å². The third-order valence-corrected chi connectivity index (χ3v) is 3.63. The molecule has 7 heteroatoms. The number of ether oxygens (including phenoxy) is 4. The van der Waals surface area contributed by atoms with Gasteiger partial charge in [0.2, 0.25) is 0 Å². The Morgan fingerprint density at radius 2 is 1.46 bits per heavy atom. The van der Waals surface area contributed by atoms with Gasteiger partial charge in [0.25, 0.3) is 0 Å². The summed E-state index contributed by atoms with van der Waals surface area (Å²) in [5.74, 6) is -2.12. The van der Waals surface area contributed by atoms with Crippen LogP contribution in [0.15, 0.2) is 0 Å². The molecule has 0 saturated heterocycles. The highest BCUT2D eigenvalue weighted by atomic mass is 16.7. The molecule has 0 radical (unpaired) electrons. The van der Waals surface area contributed by atoms with Gasteiger partial charge < -0.3 is 18.9 Å². The lowest BCUT2D eigenvalue weighted by molar-refractivity contribution is -0.165. The van der Waals surface area contributed by atoms with Crippen molar-refractivity contribution in [3.8, 4) is 0 Å². The molecule has 0 heterocycles. The number of rotatable bonds is 5. The van der Waals surface area contributed by atoms with Gasteiger partial charge in [-0.1, -0.05) is 0 Å². The van der Waals surface area contributed by atoms with Gasteiger partial charge in [-0.05, 0) is 53.9 Å². The van der Waals surface area contributed by atoms with Crippen LogP contribution in [0.5, 0.6) is 0 Å². The van der Waals surface area contributed by atoms with Crippen LogP contribution in [0.25, 0.3) is 0 Å². The van der Waals surface area contributed by atoms with Crippen LogP contribution >= 0.6 is 0 Å². The van der Waals surface area contributed by atoms with Crippen LogP contribution in [0.4, 0.5) is 4.79 Å². The Bertz CT molecular complexity index is 452. The van der Waals surface area contributed by atoms with E-state index in [9.17, 15) is 14.4 Å². The average Bonchev–Trinajstić information content (AvgIpc) is 2.45. The Kier molecular flexibility index (Phi) is 7.51. The second kappa shape index (κ2) is 8.89. The predicted octanol–water partition coefficient (Wildman–Crippen LogP) is 2.85.